The number of nitrogens with zero attached hydrogens (tertiary/aromatic N) is 1. The third-order valence-electron chi connectivity index (χ3n) is 4.25. The standard InChI is InChI=1S/C24H18ClNO5/c1-2-29-24(28)19(14-26)13-20-11-12-22(31-20)16-7-9-17(10-8-16)23(27)30-15-18-5-3-4-6-21(18)25/h3-13H,2,15H2,1H3/b19-13+. The summed E-state index contributed by atoms with van der Waals surface area (Å²) in [4.78, 5) is 24.0. The van der Waals surface area contributed by atoms with Crippen molar-refractivity contribution in [3.05, 3.63) is 88.1 Å². The highest BCUT2D eigenvalue weighted by Crippen LogP contribution is 2.24. The van der Waals surface area contributed by atoms with E-state index in [1.54, 1.807) is 67.6 Å². The number of hydrogen-bond acceptors (Lipinski definition) is 6. The SMILES string of the molecule is CCOC(=O)/C(C#N)=C/c1ccc(-c2ccc(C(=O)OCc3ccccc3Cl)cc2)o1. The number of hydrogen-bond donors (Lipinski definition) is 0. The zero-order valence-corrected chi connectivity index (χ0v) is 17.4. The quantitative estimate of drug-likeness (QED) is 0.279. The monoisotopic (exact) mass is 435 g/mol. The minimum absolute atomic E-state index is 0.0792. The highest BCUT2D eigenvalue weighted by atomic mass is 35.5. The molecule has 0 unspecified atom stereocenters. The molecule has 0 saturated carbocycles. The van der Waals surface area contributed by atoms with Gasteiger partial charge in [-0.25, -0.2) is 9.59 Å². The molecule has 0 spiro atoms. The average molecular weight is 436 g/mol. The lowest BCUT2D eigenvalue weighted by Gasteiger charge is -2.07. The highest BCUT2D eigenvalue weighted by Gasteiger charge is 2.13. The fraction of sp³-hybridized carbons (Fsp3) is 0.125. The fourth-order valence-electron chi connectivity index (χ4n) is 2.69. The van der Waals surface area contributed by atoms with E-state index in [0.29, 0.717) is 22.1 Å². The van der Waals surface area contributed by atoms with Crippen LogP contribution in [-0.4, -0.2) is 18.5 Å². The van der Waals surface area contributed by atoms with Crippen LogP contribution < -0.4 is 0 Å². The predicted molar refractivity (Wildman–Crippen MR) is 115 cm³/mol. The molecule has 0 saturated heterocycles. The third-order valence-corrected chi connectivity index (χ3v) is 4.62. The van der Waals surface area contributed by atoms with Crippen molar-refractivity contribution >= 4 is 29.6 Å². The first kappa shape index (κ1) is 21.9. The number of halogens is 1. The molecule has 0 N–H and O–H groups in total. The smallest absolute Gasteiger partial charge is 0.349 e. The molecule has 31 heavy (non-hydrogen) atoms. The lowest BCUT2D eigenvalue weighted by Crippen LogP contribution is -2.05. The van der Waals surface area contributed by atoms with Crippen molar-refractivity contribution in [2.24, 2.45) is 0 Å². The Bertz CT molecular complexity index is 1160. The summed E-state index contributed by atoms with van der Waals surface area (Å²) < 4.78 is 15.8. The molecule has 7 heteroatoms. The van der Waals surface area contributed by atoms with Crippen molar-refractivity contribution in [3.63, 3.8) is 0 Å². The minimum Gasteiger partial charge on any atom is -0.462 e. The van der Waals surface area contributed by atoms with Crippen LogP contribution in [0.15, 0.2) is 70.7 Å². The van der Waals surface area contributed by atoms with Crippen LogP contribution in [0.5, 0.6) is 0 Å². The van der Waals surface area contributed by atoms with E-state index in [1.807, 2.05) is 6.07 Å². The number of nitriles is 1. The minimum atomic E-state index is -0.706. The molecule has 0 bridgehead atoms. The number of furan rings is 1. The van der Waals surface area contributed by atoms with Gasteiger partial charge in [-0.05, 0) is 37.3 Å². The Balaban J connectivity index is 1.68. The summed E-state index contributed by atoms with van der Waals surface area (Å²) in [5.74, 6) is -0.323. The molecule has 6 nitrogen and oxygen atoms in total. The van der Waals surface area contributed by atoms with Gasteiger partial charge < -0.3 is 13.9 Å². The highest BCUT2D eigenvalue weighted by molar-refractivity contribution is 6.31. The van der Waals surface area contributed by atoms with Gasteiger partial charge in [0.1, 0.15) is 29.8 Å². The molecular weight excluding hydrogens is 418 g/mol. The zero-order chi connectivity index (χ0) is 22.2. The molecule has 156 valence electrons. The van der Waals surface area contributed by atoms with Gasteiger partial charge in [0.2, 0.25) is 0 Å². The van der Waals surface area contributed by atoms with Gasteiger partial charge in [0.25, 0.3) is 0 Å². The van der Waals surface area contributed by atoms with Gasteiger partial charge >= 0.3 is 11.9 Å². The van der Waals surface area contributed by atoms with Gasteiger partial charge in [0.15, 0.2) is 0 Å². The maximum absolute atomic E-state index is 12.3. The van der Waals surface area contributed by atoms with E-state index < -0.39 is 11.9 Å². The van der Waals surface area contributed by atoms with Crippen molar-refractivity contribution in [1.82, 2.24) is 0 Å². The molecule has 0 aliphatic carbocycles. The first-order valence-electron chi connectivity index (χ1n) is 9.41. The summed E-state index contributed by atoms with van der Waals surface area (Å²) in [5, 5.41) is 9.65. The second kappa shape index (κ2) is 10.3. The van der Waals surface area contributed by atoms with Crippen molar-refractivity contribution in [2.45, 2.75) is 13.5 Å². The van der Waals surface area contributed by atoms with Gasteiger partial charge in [0.05, 0.1) is 12.2 Å². The molecule has 1 heterocycles. The first-order chi connectivity index (χ1) is 15.0. The van der Waals surface area contributed by atoms with Gasteiger partial charge in [-0.2, -0.15) is 5.26 Å². The predicted octanol–water partition coefficient (Wildman–Crippen LogP) is 5.43. The molecule has 0 amide bonds. The Kier molecular flexibility index (Phi) is 7.26. The molecule has 0 fully saturated rings. The normalized spacial score (nSPS) is 10.9. The number of carbonyl (C=O) groups is 2. The zero-order valence-electron chi connectivity index (χ0n) is 16.6. The Morgan fingerprint density at radius 3 is 2.48 bits per heavy atom. The van der Waals surface area contributed by atoms with Crippen LogP contribution in [0.25, 0.3) is 17.4 Å². The second-order valence-electron chi connectivity index (χ2n) is 6.34. The number of carbonyl (C=O) groups excluding carboxylic acids is 2. The summed E-state index contributed by atoms with van der Waals surface area (Å²) in [6, 6.07) is 19.0. The summed E-state index contributed by atoms with van der Waals surface area (Å²) in [6.45, 7) is 1.92. The van der Waals surface area contributed by atoms with Gasteiger partial charge in [0, 0.05) is 22.2 Å². The van der Waals surface area contributed by atoms with Crippen LogP contribution >= 0.6 is 11.6 Å². The largest absolute Gasteiger partial charge is 0.462 e. The fourth-order valence-corrected chi connectivity index (χ4v) is 2.88. The second-order valence-corrected chi connectivity index (χ2v) is 6.74. The average Bonchev–Trinajstić information content (AvgIpc) is 3.25. The molecule has 1 aromatic heterocycles. The van der Waals surface area contributed by atoms with Crippen LogP contribution in [0.4, 0.5) is 0 Å². The van der Waals surface area contributed by atoms with E-state index in [0.717, 1.165) is 11.1 Å². The van der Waals surface area contributed by atoms with E-state index in [2.05, 4.69) is 0 Å². The molecule has 2 aromatic carbocycles. The molecular formula is C24H18ClNO5. The molecule has 0 aliphatic rings. The number of rotatable bonds is 7. The maximum Gasteiger partial charge on any atom is 0.349 e. The van der Waals surface area contributed by atoms with Crippen LogP contribution in [0.3, 0.4) is 0 Å². The van der Waals surface area contributed by atoms with E-state index in [1.165, 1.54) is 6.08 Å². The van der Waals surface area contributed by atoms with E-state index in [4.69, 9.17) is 30.8 Å². The first-order valence-corrected chi connectivity index (χ1v) is 9.79. The van der Waals surface area contributed by atoms with Crippen molar-refractivity contribution < 1.29 is 23.5 Å². The van der Waals surface area contributed by atoms with Crippen LogP contribution in [0, 0.1) is 11.3 Å². The Hall–Kier alpha value is -3.82. The summed E-state index contributed by atoms with van der Waals surface area (Å²) >= 11 is 6.07. The summed E-state index contributed by atoms with van der Waals surface area (Å²) in [7, 11) is 0. The van der Waals surface area contributed by atoms with Crippen molar-refractivity contribution in [3.8, 4) is 17.4 Å². The Morgan fingerprint density at radius 1 is 1.06 bits per heavy atom. The maximum atomic E-state index is 12.3. The van der Waals surface area contributed by atoms with Gasteiger partial charge in [-0.1, -0.05) is 41.9 Å². The number of esters is 2. The molecule has 3 aromatic rings. The van der Waals surface area contributed by atoms with Crippen molar-refractivity contribution in [1.29, 1.82) is 5.26 Å². The number of ether oxygens (including phenoxy) is 2. The molecule has 0 atom stereocenters. The third kappa shape index (κ3) is 5.62. The van der Waals surface area contributed by atoms with Crippen LogP contribution in [-0.2, 0) is 20.9 Å². The molecule has 0 radical (unpaired) electrons. The summed E-state index contributed by atoms with van der Waals surface area (Å²) in [6.07, 6.45) is 1.32. The summed E-state index contributed by atoms with van der Waals surface area (Å²) in [5.41, 5.74) is 1.68. The lowest BCUT2D eigenvalue weighted by molar-refractivity contribution is -0.137. The van der Waals surface area contributed by atoms with E-state index in [9.17, 15) is 9.59 Å². The van der Waals surface area contributed by atoms with Crippen LogP contribution in [0.2, 0.25) is 5.02 Å². The molecule has 3 rings (SSSR count). The van der Waals surface area contributed by atoms with Gasteiger partial charge in [-0.15, -0.1) is 0 Å². The molecule has 0 aliphatic heterocycles. The lowest BCUT2D eigenvalue weighted by atomic mass is 10.1. The number of benzene rings is 2. The van der Waals surface area contributed by atoms with E-state index >= 15 is 0 Å². The van der Waals surface area contributed by atoms with Crippen LogP contribution in [0.1, 0.15) is 28.6 Å². The Labute approximate surface area is 184 Å². The van der Waals surface area contributed by atoms with E-state index in [-0.39, 0.29) is 18.8 Å². The topological polar surface area (TPSA) is 89.5 Å². The Morgan fingerprint density at radius 2 is 1.81 bits per heavy atom. The van der Waals surface area contributed by atoms with Gasteiger partial charge in [-0.3, -0.25) is 0 Å². The van der Waals surface area contributed by atoms with Crippen molar-refractivity contribution in [2.75, 3.05) is 6.61 Å².